The van der Waals surface area contributed by atoms with E-state index in [1.807, 2.05) is 37.3 Å². The van der Waals surface area contributed by atoms with Crippen LogP contribution in [0.3, 0.4) is 0 Å². The van der Waals surface area contributed by atoms with Crippen LogP contribution in [0.5, 0.6) is 0 Å². The maximum absolute atomic E-state index is 13.4. The monoisotopic (exact) mass is 392 g/mol. The van der Waals surface area contributed by atoms with Crippen molar-refractivity contribution in [1.82, 2.24) is 15.3 Å². The van der Waals surface area contributed by atoms with E-state index >= 15 is 0 Å². The molecule has 8 heteroatoms. The van der Waals surface area contributed by atoms with Gasteiger partial charge < -0.3 is 11.1 Å². The predicted molar refractivity (Wildman–Crippen MR) is 111 cm³/mol. The van der Waals surface area contributed by atoms with Gasteiger partial charge in [0, 0.05) is 35.1 Å². The minimum Gasteiger partial charge on any atom is -0.398 e. The third-order valence-corrected chi connectivity index (χ3v) is 4.38. The number of nitrogens with one attached hydrogen (secondary N) is 3. The number of anilines is 2. The van der Waals surface area contributed by atoms with Gasteiger partial charge in [0.25, 0.3) is 0 Å². The van der Waals surface area contributed by atoms with Crippen LogP contribution in [0.2, 0.25) is 0 Å². The summed E-state index contributed by atoms with van der Waals surface area (Å²) in [6, 6.07) is 13.1. The highest BCUT2D eigenvalue weighted by Crippen LogP contribution is 2.23. The second-order valence-corrected chi connectivity index (χ2v) is 6.53. The van der Waals surface area contributed by atoms with Crippen molar-refractivity contribution in [1.29, 1.82) is 5.41 Å². The number of nitrogen functional groups attached to an aromatic ring is 1. The maximum atomic E-state index is 13.4. The molecule has 3 aromatic rings. The first-order chi connectivity index (χ1) is 13.8. The summed E-state index contributed by atoms with van der Waals surface area (Å²) in [5.41, 5.74) is 8.52. The van der Waals surface area contributed by atoms with Crippen LogP contribution in [0.4, 0.5) is 20.7 Å². The van der Waals surface area contributed by atoms with Gasteiger partial charge in [-0.15, -0.1) is 0 Å². The van der Waals surface area contributed by atoms with Gasteiger partial charge >= 0.3 is 6.03 Å². The molecule has 7 nitrogen and oxygen atoms in total. The molecule has 0 unspecified atom stereocenters. The summed E-state index contributed by atoms with van der Waals surface area (Å²) in [5, 5.41) is 13.8. The predicted octanol–water partition coefficient (Wildman–Crippen LogP) is 3.81. The molecule has 0 aliphatic rings. The Morgan fingerprint density at radius 3 is 2.59 bits per heavy atom. The molecule has 0 aliphatic heterocycles. The van der Waals surface area contributed by atoms with Gasteiger partial charge in [-0.2, -0.15) is 4.39 Å². The Balaban J connectivity index is 1.75. The number of hydrogen-bond acceptors (Lipinski definition) is 5. The largest absolute Gasteiger partial charge is 0.398 e. The van der Waals surface area contributed by atoms with Crippen molar-refractivity contribution in [3.8, 4) is 0 Å². The molecule has 2 amide bonds. The lowest BCUT2D eigenvalue weighted by Crippen LogP contribution is -2.31. The highest BCUT2D eigenvalue weighted by Gasteiger charge is 2.16. The Bertz CT molecular complexity index is 1030. The Morgan fingerprint density at radius 1 is 1.21 bits per heavy atom. The van der Waals surface area contributed by atoms with Gasteiger partial charge in [-0.1, -0.05) is 30.3 Å². The van der Waals surface area contributed by atoms with Crippen molar-refractivity contribution >= 4 is 23.2 Å². The Hall–Kier alpha value is -3.81. The summed E-state index contributed by atoms with van der Waals surface area (Å²) in [6.07, 6.45) is 1.28. The summed E-state index contributed by atoms with van der Waals surface area (Å²) in [7, 11) is 0. The maximum Gasteiger partial charge on any atom is 0.320 e. The lowest BCUT2D eigenvalue weighted by Gasteiger charge is -2.16. The zero-order valence-corrected chi connectivity index (χ0v) is 16.0. The van der Waals surface area contributed by atoms with Gasteiger partial charge in [0.2, 0.25) is 5.95 Å². The van der Waals surface area contributed by atoms with E-state index in [1.54, 1.807) is 6.92 Å². The molecule has 2 aromatic heterocycles. The summed E-state index contributed by atoms with van der Waals surface area (Å²) in [4.78, 5) is 20.1. The van der Waals surface area contributed by atoms with Crippen LogP contribution in [0.25, 0.3) is 0 Å². The first-order valence-electron chi connectivity index (χ1n) is 8.95. The molecule has 0 saturated heterocycles. The van der Waals surface area contributed by atoms with Gasteiger partial charge in [0.15, 0.2) is 0 Å². The van der Waals surface area contributed by atoms with Crippen molar-refractivity contribution in [3.63, 3.8) is 0 Å². The molecule has 0 bridgehead atoms. The van der Waals surface area contributed by atoms with Crippen molar-refractivity contribution in [2.45, 2.75) is 19.9 Å². The summed E-state index contributed by atoms with van der Waals surface area (Å²) < 4.78 is 13.4. The van der Waals surface area contributed by atoms with E-state index in [0.29, 0.717) is 16.8 Å². The van der Waals surface area contributed by atoms with E-state index in [1.165, 1.54) is 18.3 Å². The zero-order valence-electron chi connectivity index (χ0n) is 16.0. The molecule has 148 valence electrons. The fraction of sp³-hybridized carbons (Fsp3) is 0.143. The number of hydrogen-bond donors (Lipinski definition) is 4. The SMILES string of the molecule is Cc1nc(NC(=O)N[C@H](C)c2ccccc2)cc(N)c1C(=N)c1ccnc(F)c1. The molecule has 0 spiro atoms. The number of nitrogens with zero attached hydrogens (tertiary/aromatic N) is 2. The number of aromatic nitrogens is 2. The van der Waals surface area contributed by atoms with Crippen LogP contribution in [0, 0.1) is 18.3 Å². The second kappa shape index (κ2) is 8.47. The Morgan fingerprint density at radius 2 is 1.93 bits per heavy atom. The zero-order chi connectivity index (χ0) is 21.0. The van der Waals surface area contributed by atoms with E-state index in [0.717, 1.165) is 11.6 Å². The highest BCUT2D eigenvalue weighted by molar-refractivity contribution is 6.14. The number of rotatable bonds is 5. The number of aryl methyl sites for hydroxylation is 1. The lowest BCUT2D eigenvalue weighted by molar-refractivity contribution is 0.249. The smallest absolute Gasteiger partial charge is 0.320 e. The van der Waals surface area contributed by atoms with Crippen LogP contribution >= 0.6 is 0 Å². The topological polar surface area (TPSA) is 117 Å². The average Bonchev–Trinajstić information content (AvgIpc) is 2.68. The van der Waals surface area contributed by atoms with Crippen LogP contribution in [-0.4, -0.2) is 21.7 Å². The molecule has 5 N–H and O–H groups in total. The molecule has 1 atom stereocenters. The number of benzene rings is 1. The van der Waals surface area contributed by atoms with Crippen LogP contribution < -0.4 is 16.4 Å². The van der Waals surface area contributed by atoms with Gasteiger partial charge in [-0.25, -0.2) is 14.8 Å². The first-order valence-corrected chi connectivity index (χ1v) is 8.95. The molecule has 0 aliphatic carbocycles. The second-order valence-electron chi connectivity index (χ2n) is 6.53. The summed E-state index contributed by atoms with van der Waals surface area (Å²) in [5.74, 6) is -0.422. The van der Waals surface area contributed by atoms with E-state index in [-0.39, 0.29) is 23.3 Å². The number of halogens is 1. The van der Waals surface area contributed by atoms with Gasteiger partial charge in [0.05, 0.1) is 17.4 Å². The molecule has 0 saturated carbocycles. The number of carbonyl (C=O) groups excluding carboxylic acids is 1. The van der Waals surface area contributed by atoms with Crippen LogP contribution in [0.15, 0.2) is 54.7 Å². The van der Waals surface area contributed by atoms with Gasteiger partial charge in [-0.3, -0.25) is 10.7 Å². The van der Waals surface area contributed by atoms with Gasteiger partial charge in [-0.05, 0) is 25.5 Å². The van der Waals surface area contributed by atoms with E-state index in [9.17, 15) is 9.18 Å². The van der Waals surface area contributed by atoms with Crippen LogP contribution in [0.1, 0.15) is 35.3 Å². The third kappa shape index (κ3) is 4.73. The number of nitrogens with two attached hydrogens (primary N) is 1. The number of carbonyl (C=O) groups is 1. The molecule has 2 heterocycles. The highest BCUT2D eigenvalue weighted by atomic mass is 19.1. The number of urea groups is 1. The number of pyridine rings is 2. The van der Waals surface area contributed by atoms with Gasteiger partial charge in [0.1, 0.15) is 5.82 Å². The molecular weight excluding hydrogens is 371 g/mol. The average molecular weight is 392 g/mol. The van der Waals surface area contributed by atoms with Crippen molar-refractivity contribution < 1.29 is 9.18 Å². The fourth-order valence-corrected chi connectivity index (χ4v) is 2.96. The first kappa shape index (κ1) is 19.9. The summed E-state index contributed by atoms with van der Waals surface area (Å²) >= 11 is 0. The van der Waals surface area contributed by atoms with Crippen molar-refractivity contribution in [2.75, 3.05) is 11.1 Å². The van der Waals surface area contributed by atoms with E-state index in [4.69, 9.17) is 11.1 Å². The molecular formula is C21H21FN6O. The van der Waals surface area contributed by atoms with Crippen molar-refractivity contribution in [3.05, 3.63) is 83.1 Å². The third-order valence-electron chi connectivity index (χ3n) is 4.38. The van der Waals surface area contributed by atoms with E-state index < -0.39 is 12.0 Å². The lowest BCUT2D eigenvalue weighted by atomic mass is 10.0. The molecule has 1 aromatic carbocycles. The Labute approximate surface area is 167 Å². The standard InChI is InChI=1S/C21H21FN6O/c1-12(14-6-4-3-5-7-14)27-21(29)28-18-11-16(23)19(13(2)26-18)20(24)15-8-9-25-17(22)10-15/h3-12,24H,1-2H3,(H4,23,26,27,28,29)/t12-/m1/s1. The fourth-order valence-electron chi connectivity index (χ4n) is 2.96. The summed E-state index contributed by atoms with van der Waals surface area (Å²) in [6.45, 7) is 3.55. The normalized spacial score (nSPS) is 11.6. The quantitative estimate of drug-likeness (QED) is 0.390. The van der Waals surface area contributed by atoms with E-state index in [2.05, 4.69) is 20.6 Å². The Kier molecular flexibility index (Phi) is 5.82. The number of amides is 2. The minimum absolute atomic E-state index is 0.0301. The van der Waals surface area contributed by atoms with Crippen molar-refractivity contribution in [2.24, 2.45) is 0 Å². The molecule has 29 heavy (non-hydrogen) atoms. The molecule has 0 fully saturated rings. The molecule has 0 radical (unpaired) electrons. The molecule has 3 rings (SSSR count). The minimum atomic E-state index is -0.682. The van der Waals surface area contributed by atoms with Crippen LogP contribution in [-0.2, 0) is 0 Å².